The highest BCUT2D eigenvalue weighted by Gasteiger charge is 2.39. The van der Waals surface area contributed by atoms with Gasteiger partial charge in [0.1, 0.15) is 0 Å². The van der Waals surface area contributed by atoms with E-state index in [2.05, 4.69) is 5.32 Å². The number of sulfone groups is 1. The van der Waals surface area contributed by atoms with Crippen LogP contribution in [0, 0.1) is 0 Å². The number of amides is 1. The summed E-state index contributed by atoms with van der Waals surface area (Å²) in [5.41, 5.74) is -0.604. The van der Waals surface area contributed by atoms with Crippen molar-refractivity contribution in [2.75, 3.05) is 17.3 Å². The molecule has 1 aromatic carbocycles. The Morgan fingerprint density at radius 1 is 1.37 bits per heavy atom. The molecule has 1 fully saturated rings. The normalized spacial score (nSPS) is 25.1. The van der Waals surface area contributed by atoms with E-state index in [1.807, 2.05) is 30.3 Å². The summed E-state index contributed by atoms with van der Waals surface area (Å²) < 4.78 is 22.9. The summed E-state index contributed by atoms with van der Waals surface area (Å²) in [7, 11) is -2.99. The van der Waals surface area contributed by atoms with Crippen molar-refractivity contribution in [1.82, 2.24) is 5.32 Å². The first-order valence-electron chi connectivity index (χ1n) is 6.08. The lowest BCUT2D eigenvalue weighted by Crippen LogP contribution is -2.47. The third kappa shape index (κ3) is 4.24. The number of hydrogen-bond acceptors (Lipinski definition) is 4. The van der Waals surface area contributed by atoms with Gasteiger partial charge in [-0.25, -0.2) is 8.42 Å². The highest BCUT2D eigenvalue weighted by atomic mass is 32.2. The first-order chi connectivity index (χ1) is 8.89. The number of nitrogens with one attached hydrogen (secondary N) is 1. The van der Waals surface area contributed by atoms with Crippen LogP contribution < -0.4 is 5.32 Å². The fourth-order valence-corrected chi connectivity index (χ4v) is 4.96. The Balaban J connectivity index is 1.85. The van der Waals surface area contributed by atoms with E-state index in [4.69, 9.17) is 0 Å². The molecule has 1 atom stereocenters. The van der Waals surface area contributed by atoms with Crippen LogP contribution in [0.3, 0.4) is 0 Å². The molecule has 1 aliphatic rings. The predicted molar refractivity (Wildman–Crippen MR) is 77.0 cm³/mol. The average Bonchev–Trinajstić information content (AvgIpc) is 2.62. The van der Waals surface area contributed by atoms with Crippen molar-refractivity contribution in [1.29, 1.82) is 0 Å². The van der Waals surface area contributed by atoms with E-state index >= 15 is 0 Å². The van der Waals surface area contributed by atoms with Gasteiger partial charge in [-0.3, -0.25) is 4.79 Å². The van der Waals surface area contributed by atoms with Gasteiger partial charge in [0, 0.05) is 4.90 Å². The van der Waals surface area contributed by atoms with Crippen LogP contribution in [0.4, 0.5) is 0 Å². The van der Waals surface area contributed by atoms with Crippen molar-refractivity contribution in [3.05, 3.63) is 30.3 Å². The van der Waals surface area contributed by atoms with E-state index in [0.717, 1.165) is 4.90 Å². The monoisotopic (exact) mass is 299 g/mol. The van der Waals surface area contributed by atoms with Crippen molar-refractivity contribution >= 4 is 27.5 Å². The largest absolute Gasteiger partial charge is 0.349 e. The molecule has 1 amide bonds. The Hall–Kier alpha value is -1.01. The number of rotatable bonds is 4. The van der Waals surface area contributed by atoms with E-state index in [1.165, 1.54) is 11.8 Å². The van der Waals surface area contributed by atoms with Gasteiger partial charge in [-0.2, -0.15) is 0 Å². The Morgan fingerprint density at radius 3 is 2.63 bits per heavy atom. The van der Waals surface area contributed by atoms with Gasteiger partial charge >= 0.3 is 0 Å². The number of benzene rings is 1. The molecule has 1 saturated heterocycles. The number of carbonyl (C=O) groups is 1. The molecule has 0 bridgehead atoms. The molecule has 19 heavy (non-hydrogen) atoms. The molecule has 1 aromatic rings. The zero-order valence-electron chi connectivity index (χ0n) is 10.8. The molecule has 0 aromatic heterocycles. The molecule has 0 radical (unpaired) electrons. The summed E-state index contributed by atoms with van der Waals surface area (Å²) in [4.78, 5) is 12.9. The second-order valence-electron chi connectivity index (χ2n) is 5.05. The SMILES string of the molecule is C[C@]1(NC(=O)CSc2ccccc2)CCS(=O)(=O)C1. The molecule has 0 saturated carbocycles. The smallest absolute Gasteiger partial charge is 0.230 e. The lowest BCUT2D eigenvalue weighted by atomic mass is 10.0. The van der Waals surface area contributed by atoms with Crippen molar-refractivity contribution in [2.45, 2.75) is 23.8 Å². The Bertz CT molecular complexity index is 557. The van der Waals surface area contributed by atoms with Crippen LogP contribution in [0.25, 0.3) is 0 Å². The molecule has 6 heteroatoms. The Morgan fingerprint density at radius 2 is 2.05 bits per heavy atom. The molecular formula is C13H17NO3S2. The van der Waals surface area contributed by atoms with E-state index in [9.17, 15) is 13.2 Å². The first kappa shape index (κ1) is 14.4. The lowest BCUT2D eigenvalue weighted by molar-refractivity contribution is -0.120. The van der Waals surface area contributed by atoms with Crippen LogP contribution in [0.2, 0.25) is 0 Å². The summed E-state index contributed by atoms with van der Waals surface area (Å²) in [6.45, 7) is 1.79. The fraction of sp³-hybridized carbons (Fsp3) is 0.462. The highest BCUT2D eigenvalue weighted by molar-refractivity contribution is 8.00. The van der Waals surface area contributed by atoms with Gasteiger partial charge in [0.25, 0.3) is 0 Å². The molecule has 4 nitrogen and oxygen atoms in total. The van der Waals surface area contributed by atoms with Crippen LogP contribution in [-0.2, 0) is 14.6 Å². The summed E-state index contributed by atoms with van der Waals surface area (Å²) in [6.07, 6.45) is 0.497. The predicted octanol–water partition coefficient (Wildman–Crippen LogP) is 1.47. The van der Waals surface area contributed by atoms with Gasteiger partial charge in [-0.15, -0.1) is 11.8 Å². The molecular weight excluding hydrogens is 282 g/mol. The van der Waals surface area contributed by atoms with Crippen molar-refractivity contribution < 1.29 is 13.2 Å². The fourth-order valence-electron chi connectivity index (χ4n) is 2.15. The van der Waals surface area contributed by atoms with Gasteiger partial charge in [0.15, 0.2) is 9.84 Å². The van der Waals surface area contributed by atoms with Gasteiger partial charge in [0.2, 0.25) is 5.91 Å². The minimum atomic E-state index is -2.99. The maximum absolute atomic E-state index is 11.9. The molecule has 1 heterocycles. The van der Waals surface area contributed by atoms with Crippen LogP contribution in [0.5, 0.6) is 0 Å². The first-order valence-corrected chi connectivity index (χ1v) is 8.89. The Kier molecular flexibility index (Phi) is 4.20. The number of hydrogen-bond donors (Lipinski definition) is 1. The third-order valence-electron chi connectivity index (χ3n) is 3.06. The summed E-state index contributed by atoms with van der Waals surface area (Å²) in [6, 6.07) is 9.66. The Labute approximate surface area is 117 Å². The molecule has 0 spiro atoms. The van der Waals surface area contributed by atoms with Crippen molar-refractivity contribution in [3.63, 3.8) is 0 Å². The highest BCUT2D eigenvalue weighted by Crippen LogP contribution is 2.23. The van der Waals surface area contributed by atoms with Crippen molar-refractivity contribution in [2.24, 2.45) is 0 Å². The minimum Gasteiger partial charge on any atom is -0.349 e. The molecule has 104 valence electrons. The molecule has 1 aliphatic heterocycles. The van der Waals surface area contributed by atoms with Gasteiger partial charge in [-0.1, -0.05) is 18.2 Å². The van der Waals surface area contributed by atoms with Crippen LogP contribution in [0.15, 0.2) is 35.2 Å². The van der Waals surface area contributed by atoms with Gasteiger partial charge in [-0.05, 0) is 25.5 Å². The van der Waals surface area contributed by atoms with Gasteiger partial charge in [0.05, 0.1) is 22.8 Å². The number of carbonyl (C=O) groups excluding carboxylic acids is 1. The second-order valence-corrected chi connectivity index (χ2v) is 8.29. The summed E-state index contributed by atoms with van der Waals surface area (Å²) >= 11 is 1.45. The minimum absolute atomic E-state index is 0.0434. The average molecular weight is 299 g/mol. The van der Waals surface area contributed by atoms with E-state index in [1.54, 1.807) is 6.92 Å². The zero-order valence-corrected chi connectivity index (χ0v) is 12.4. The molecule has 1 N–H and O–H groups in total. The topological polar surface area (TPSA) is 63.2 Å². The van der Waals surface area contributed by atoms with Crippen LogP contribution in [0.1, 0.15) is 13.3 Å². The molecule has 2 rings (SSSR count). The maximum Gasteiger partial charge on any atom is 0.230 e. The lowest BCUT2D eigenvalue weighted by Gasteiger charge is -2.23. The quantitative estimate of drug-likeness (QED) is 0.855. The van der Waals surface area contributed by atoms with E-state index in [-0.39, 0.29) is 17.4 Å². The standard InChI is InChI=1S/C13H17NO3S2/c1-13(7-8-19(16,17)10-13)14-12(15)9-18-11-5-3-2-4-6-11/h2-6H,7-10H2,1H3,(H,14,15)/t13-/m0/s1. The van der Waals surface area contributed by atoms with Gasteiger partial charge < -0.3 is 5.32 Å². The summed E-state index contributed by atoms with van der Waals surface area (Å²) in [5.74, 6) is 0.394. The molecule has 0 unspecified atom stereocenters. The molecule has 0 aliphatic carbocycles. The zero-order chi connectivity index (χ0) is 13.9. The van der Waals surface area contributed by atoms with Crippen LogP contribution in [-0.4, -0.2) is 37.1 Å². The third-order valence-corrected chi connectivity index (χ3v) is 5.97. The number of thioether (sulfide) groups is 1. The van der Waals surface area contributed by atoms with Crippen molar-refractivity contribution in [3.8, 4) is 0 Å². The van der Waals surface area contributed by atoms with Crippen LogP contribution >= 0.6 is 11.8 Å². The van der Waals surface area contributed by atoms with E-state index < -0.39 is 15.4 Å². The maximum atomic E-state index is 11.9. The van der Waals surface area contributed by atoms with E-state index in [0.29, 0.717) is 12.2 Å². The second kappa shape index (κ2) is 5.54. The summed E-state index contributed by atoms with van der Waals surface area (Å²) in [5, 5.41) is 2.84.